The molecule has 0 saturated carbocycles. The van der Waals surface area contributed by atoms with Crippen LogP contribution in [0.15, 0.2) is 6.20 Å². The standard InChI is InChI=1S/C11H16N4O3/c1-15-9(8(5-14-15)11(17)18)6-12-7-2-3-10(16)13-4-7/h5,7,12H,2-4,6H2,1H3,(H,13,16)(H,17,18). The Morgan fingerprint density at radius 3 is 3.11 bits per heavy atom. The van der Waals surface area contributed by atoms with E-state index in [2.05, 4.69) is 15.7 Å². The molecule has 1 amide bonds. The van der Waals surface area contributed by atoms with Gasteiger partial charge in [-0.3, -0.25) is 9.48 Å². The summed E-state index contributed by atoms with van der Waals surface area (Å²) in [6, 6.07) is 0.180. The first-order valence-electron chi connectivity index (χ1n) is 5.82. The molecule has 1 aliphatic heterocycles. The molecule has 2 rings (SSSR count). The lowest BCUT2D eigenvalue weighted by molar-refractivity contribution is -0.122. The van der Waals surface area contributed by atoms with Gasteiger partial charge in [-0.15, -0.1) is 0 Å². The second-order valence-electron chi connectivity index (χ2n) is 4.35. The molecule has 1 aliphatic rings. The summed E-state index contributed by atoms with van der Waals surface area (Å²) in [5.41, 5.74) is 0.851. The van der Waals surface area contributed by atoms with Crippen molar-refractivity contribution in [2.75, 3.05) is 6.54 Å². The summed E-state index contributed by atoms with van der Waals surface area (Å²) < 4.78 is 1.55. The topological polar surface area (TPSA) is 96.2 Å². The molecular weight excluding hydrogens is 236 g/mol. The van der Waals surface area contributed by atoms with Crippen molar-refractivity contribution in [3.63, 3.8) is 0 Å². The van der Waals surface area contributed by atoms with Gasteiger partial charge in [0.25, 0.3) is 0 Å². The van der Waals surface area contributed by atoms with Crippen molar-refractivity contribution in [1.29, 1.82) is 0 Å². The van der Waals surface area contributed by atoms with Crippen LogP contribution < -0.4 is 10.6 Å². The molecule has 0 bridgehead atoms. The Bertz CT molecular complexity index is 459. The Balaban J connectivity index is 1.96. The first kappa shape index (κ1) is 12.6. The number of carbonyl (C=O) groups is 2. The number of carboxylic acid groups (broad SMARTS) is 1. The summed E-state index contributed by atoms with van der Waals surface area (Å²) >= 11 is 0. The van der Waals surface area contributed by atoms with E-state index in [0.717, 1.165) is 6.42 Å². The second kappa shape index (κ2) is 5.18. The Hall–Kier alpha value is -1.89. The summed E-state index contributed by atoms with van der Waals surface area (Å²) in [5, 5.41) is 19.0. The van der Waals surface area contributed by atoms with Gasteiger partial charge in [-0.1, -0.05) is 0 Å². The van der Waals surface area contributed by atoms with Gasteiger partial charge in [-0.05, 0) is 6.42 Å². The molecule has 1 aromatic rings. The fraction of sp³-hybridized carbons (Fsp3) is 0.545. The highest BCUT2D eigenvalue weighted by Crippen LogP contribution is 2.09. The van der Waals surface area contributed by atoms with Crippen LogP contribution in [0.3, 0.4) is 0 Å². The van der Waals surface area contributed by atoms with Gasteiger partial charge in [0.05, 0.1) is 11.9 Å². The Morgan fingerprint density at radius 2 is 2.50 bits per heavy atom. The maximum Gasteiger partial charge on any atom is 0.339 e. The zero-order valence-corrected chi connectivity index (χ0v) is 10.1. The van der Waals surface area contributed by atoms with E-state index < -0.39 is 5.97 Å². The first-order valence-corrected chi connectivity index (χ1v) is 5.82. The van der Waals surface area contributed by atoms with Crippen LogP contribution in [0.2, 0.25) is 0 Å². The van der Waals surface area contributed by atoms with Crippen LogP contribution in [0.5, 0.6) is 0 Å². The number of carbonyl (C=O) groups excluding carboxylic acids is 1. The summed E-state index contributed by atoms with van der Waals surface area (Å²) in [4.78, 5) is 22.0. The fourth-order valence-electron chi connectivity index (χ4n) is 2.00. The predicted molar refractivity (Wildman–Crippen MR) is 63.0 cm³/mol. The van der Waals surface area contributed by atoms with Gasteiger partial charge in [-0.2, -0.15) is 5.10 Å². The minimum absolute atomic E-state index is 0.0693. The van der Waals surface area contributed by atoms with Crippen LogP contribution in [0.1, 0.15) is 28.9 Å². The molecule has 0 radical (unpaired) electrons. The summed E-state index contributed by atoms with van der Waals surface area (Å²) in [7, 11) is 1.71. The molecule has 1 aromatic heterocycles. The lowest BCUT2D eigenvalue weighted by Crippen LogP contribution is -2.45. The molecule has 0 aliphatic carbocycles. The van der Waals surface area contributed by atoms with Crippen LogP contribution in [0.4, 0.5) is 0 Å². The van der Waals surface area contributed by atoms with E-state index in [9.17, 15) is 9.59 Å². The second-order valence-corrected chi connectivity index (χ2v) is 4.35. The van der Waals surface area contributed by atoms with Gasteiger partial charge < -0.3 is 15.7 Å². The quantitative estimate of drug-likeness (QED) is 0.670. The smallest absolute Gasteiger partial charge is 0.339 e. The molecule has 1 unspecified atom stereocenters. The maximum absolute atomic E-state index is 11.0. The zero-order valence-electron chi connectivity index (χ0n) is 10.1. The highest BCUT2D eigenvalue weighted by Gasteiger charge is 2.20. The summed E-state index contributed by atoms with van der Waals surface area (Å²) in [6.07, 6.45) is 2.63. The number of aromatic carboxylic acids is 1. The first-order chi connectivity index (χ1) is 8.58. The normalized spacial score (nSPS) is 19.6. The van der Waals surface area contributed by atoms with Crippen LogP contribution >= 0.6 is 0 Å². The average molecular weight is 252 g/mol. The van der Waals surface area contributed by atoms with Crippen LogP contribution in [0.25, 0.3) is 0 Å². The van der Waals surface area contributed by atoms with E-state index in [1.165, 1.54) is 6.20 Å². The molecular formula is C11H16N4O3. The Morgan fingerprint density at radius 1 is 1.72 bits per heavy atom. The van der Waals surface area contributed by atoms with Crippen LogP contribution in [-0.2, 0) is 18.4 Å². The number of nitrogens with one attached hydrogen (secondary N) is 2. The minimum atomic E-state index is -0.975. The van der Waals surface area contributed by atoms with Crippen molar-refractivity contribution in [2.45, 2.75) is 25.4 Å². The molecule has 18 heavy (non-hydrogen) atoms. The molecule has 7 nitrogen and oxygen atoms in total. The fourth-order valence-corrected chi connectivity index (χ4v) is 2.00. The number of hydrogen-bond donors (Lipinski definition) is 3. The monoisotopic (exact) mass is 252 g/mol. The van der Waals surface area contributed by atoms with Crippen molar-refractivity contribution < 1.29 is 14.7 Å². The number of aromatic nitrogens is 2. The molecule has 0 aromatic carbocycles. The highest BCUT2D eigenvalue weighted by atomic mass is 16.4. The lowest BCUT2D eigenvalue weighted by atomic mass is 10.1. The van der Waals surface area contributed by atoms with Gasteiger partial charge in [0.2, 0.25) is 5.91 Å². The molecule has 0 spiro atoms. The number of aryl methyl sites for hydroxylation is 1. The van der Waals surface area contributed by atoms with E-state index in [1.807, 2.05) is 0 Å². The molecule has 1 atom stereocenters. The van der Waals surface area contributed by atoms with Crippen molar-refractivity contribution in [3.8, 4) is 0 Å². The van der Waals surface area contributed by atoms with Gasteiger partial charge in [0, 0.05) is 32.6 Å². The van der Waals surface area contributed by atoms with Gasteiger partial charge in [-0.25, -0.2) is 4.79 Å². The van der Waals surface area contributed by atoms with Gasteiger partial charge in [0.1, 0.15) is 5.56 Å². The minimum Gasteiger partial charge on any atom is -0.478 e. The third kappa shape index (κ3) is 2.67. The van der Waals surface area contributed by atoms with Gasteiger partial charge >= 0.3 is 5.97 Å². The largest absolute Gasteiger partial charge is 0.478 e. The molecule has 98 valence electrons. The maximum atomic E-state index is 11.0. The number of rotatable bonds is 4. The molecule has 3 N–H and O–H groups in total. The third-order valence-electron chi connectivity index (χ3n) is 3.12. The number of amides is 1. The van der Waals surface area contributed by atoms with E-state index in [-0.39, 0.29) is 17.5 Å². The average Bonchev–Trinajstić information content (AvgIpc) is 2.70. The lowest BCUT2D eigenvalue weighted by Gasteiger charge is -2.23. The zero-order chi connectivity index (χ0) is 13.1. The van der Waals surface area contributed by atoms with Crippen LogP contribution in [-0.4, -0.2) is 39.4 Å². The van der Waals surface area contributed by atoms with Crippen molar-refractivity contribution in [3.05, 3.63) is 17.5 Å². The van der Waals surface area contributed by atoms with Crippen molar-refractivity contribution >= 4 is 11.9 Å². The predicted octanol–water partition coefficient (Wildman–Crippen LogP) is -0.513. The van der Waals surface area contributed by atoms with E-state index in [0.29, 0.717) is 25.2 Å². The number of carboxylic acids is 1. The molecule has 2 heterocycles. The molecule has 1 fully saturated rings. The Kier molecular flexibility index (Phi) is 3.61. The number of piperidine rings is 1. The van der Waals surface area contributed by atoms with Crippen LogP contribution in [0, 0.1) is 0 Å². The SMILES string of the molecule is Cn1ncc(C(=O)O)c1CNC1CCC(=O)NC1. The van der Waals surface area contributed by atoms with Gasteiger partial charge in [0.15, 0.2) is 0 Å². The molecule has 1 saturated heterocycles. The summed E-state index contributed by atoms with van der Waals surface area (Å²) in [5.74, 6) is -0.906. The Labute approximate surface area is 104 Å². The van der Waals surface area contributed by atoms with E-state index >= 15 is 0 Å². The van der Waals surface area contributed by atoms with Crippen molar-refractivity contribution in [2.24, 2.45) is 7.05 Å². The third-order valence-corrected chi connectivity index (χ3v) is 3.12. The highest BCUT2D eigenvalue weighted by molar-refractivity contribution is 5.88. The summed E-state index contributed by atoms with van der Waals surface area (Å²) in [6.45, 7) is 1.01. The number of nitrogens with zero attached hydrogens (tertiary/aromatic N) is 2. The van der Waals surface area contributed by atoms with Crippen molar-refractivity contribution in [1.82, 2.24) is 20.4 Å². The number of hydrogen-bond acceptors (Lipinski definition) is 4. The molecule has 7 heteroatoms. The van der Waals surface area contributed by atoms with E-state index in [1.54, 1.807) is 11.7 Å². The van der Waals surface area contributed by atoms with E-state index in [4.69, 9.17) is 5.11 Å².